The number of hydrogen-bond acceptors (Lipinski definition) is 4. The van der Waals surface area contributed by atoms with Crippen LogP contribution in [-0.2, 0) is 6.61 Å². The molecule has 0 aliphatic carbocycles. The number of fused-ring (bicyclic) bond motifs is 1. The van der Waals surface area contributed by atoms with E-state index in [1.54, 1.807) is 30.5 Å². The summed E-state index contributed by atoms with van der Waals surface area (Å²) in [6.07, 6.45) is 3.91. The topological polar surface area (TPSA) is 54.5 Å². The van der Waals surface area contributed by atoms with Crippen LogP contribution in [0.4, 0.5) is 5.82 Å². The van der Waals surface area contributed by atoms with Gasteiger partial charge in [-0.15, -0.1) is 0 Å². The highest BCUT2D eigenvalue weighted by atomic mass is 16.5. The lowest BCUT2D eigenvalue weighted by Crippen LogP contribution is -2.16. The molecule has 0 saturated carbocycles. The molecule has 1 aromatic heterocycles. The second-order valence-electron chi connectivity index (χ2n) is 8.87. The number of pyridine rings is 1. The van der Waals surface area contributed by atoms with E-state index in [0.717, 1.165) is 38.9 Å². The molecule has 2 heterocycles. The van der Waals surface area contributed by atoms with E-state index >= 15 is 0 Å². The van der Waals surface area contributed by atoms with Crippen molar-refractivity contribution in [1.82, 2.24) is 9.88 Å². The fourth-order valence-corrected chi connectivity index (χ4v) is 4.17. The average molecular weight is 474 g/mol. The Kier molecular flexibility index (Phi) is 6.40. The van der Waals surface area contributed by atoms with Crippen LogP contribution < -0.4 is 10.1 Å². The maximum absolute atomic E-state index is 12.9. The summed E-state index contributed by atoms with van der Waals surface area (Å²) in [6.45, 7) is 4.59. The van der Waals surface area contributed by atoms with Gasteiger partial charge < -0.3 is 15.0 Å². The maximum Gasteiger partial charge on any atom is 0.256 e. The number of benzene rings is 3. The smallest absolute Gasteiger partial charge is 0.256 e. The SMILES string of the molecule is CC1=C=C(C)N(C)C(c2ccc3cnc(NC(=O)c4ccc(OCc5ccccc5)cc4)cc3c2)=C1. The van der Waals surface area contributed by atoms with Gasteiger partial charge in [0.2, 0.25) is 0 Å². The van der Waals surface area contributed by atoms with Crippen molar-refractivity contribution in [3.8, 4) is 5.75 Å². The van der Waals surface area contributed by atoms with Crippen LogP contribution in [0.15, 0.2) is 108 Å². The predicted molar refractivity (Wildman–Crippen MR) is 145 cm³/mol. The number of anilines is 1. The summed E-state index contributed by atoms with van der Waals surface area (Å²) in [5, 5.41) is 4.93. The summed E-state index contributed by atoms with van der Waals surface area (Å²) < 4.78 is 5.82. The summed E-state index contributed by atoms with van der Waals surface area (Å²) >= 11 is 0. The minimum atomic E-state index is -0.219. The summed E-state index contributed by atoms with van der Waals surface area (Å²) in [6, 6.07) is 25.3. The molecule has 5 rings (SSSR count). The van der Waals surface area contributed by atoms with Crippen LogP contribution in [-0.4, -0.2) is 22.8 Å². The fraction of sp³-hybridized carbons (Fsp3) is 0.129. The van der Waals surface area contributed by atoms with E-state index in [1.807, 2.05) is 43.4 Å². The van der Waals surface area contributed by atoms with Crippen molar-refractivity contribution in [2.75, 3.05) is 12.4 Å². The van der Waals surface area contributed by atoms with Crippen molar-refractivity contribution in [3.05, 3.63) is 125 Å². The van der Waals surface area contributed by atoms with Crippen LogP contribution in [0.2, 0.25) is 0 Å². The van der Waals surface area contributed by atoms with E-state index in [9.17, 15) is 4.79 Å². The van der Waals surface area contributed by atoms with Gasteiger partial charge in [0.25, 0.3) is 5.91 Å². The number of nitrogens with one attached hydrogen (secondary N) is 1. The van der Waals surface area contributed by atoms with Crippen molar-refractivity contribution in [3.63, 3.8) is 0 Å². The first-order chi connectivity index (χ1) is 17.5. The van der Waals surface area contributed by atoms with Crippen molar-refractivity contribution in [2.45, 2.75) is 20.5 Å². The Labute approximate surface area is 211 Å². The van der Waals surface area contributed by atoms with Gasteiger partial charge in [0.15, 0.2) is 0 Å². The van der Waals surface area contributed by atoms with E-state index in [0.29, 0.717) is 23.7 Å². The van der Waals surface area contributed by atoms with Gasteiger partial charge in [-0.25, -0.2) is 4.98 Å². The zero-order valence-corrected chi connectivity index (χ0v) is 20.6. The summed E-state index contributed by atoms with van der Waals surface area (Å²) in [7, 11) is 2.04. The first-order valence-electron chi connectivity index (χ1n) is 11.8. The molecule has 36 heavy (non-hydrogen) atoms. The minimum absolute atomic E-state index is 0.219. The van der Waals surface area contributed by atoms with Crippen LogP contribution in [0.5, 0.6) is 5.75 Å². The van der Waals surface area contributed by atoms with Crippen molar-refractivity contribution in [2.24, 2.45) is 0 Å². The van der Waals surface area contributed by atoms with Crippen LogP contribution in [0, 0.1) is 0 Å². The maximum atomic E-state index is 12.9. The summed E-state index contributed by atoms with van der Waals surface area (Å²) in [5.41, 5.74) is 9.36. The molecule has 0 atom stereocenters. The summed E-state index contributed by atoms with van der Waals surface area (Å²) in [5.74, 6) is 1.000. The average Bonchev–Trinajstić information content (AvgIpc) is 2.90. The number of nitrogens with zero attached hydrogens (tertiary/aromatic N) is 2. The van der Waals surface area contributed by atoms with E-state index in [4.69, 9.17) is 4.74 Å². The van der Waals surface area contributed by atoms with Gasteiger partial charge in [-0.1, -0.05) is 48.2 Å². The Hall–Kier alpha value is -4.60. The number of allylic oxidation sites excluding steroid dienone is 2. The largest absolute Gasteiger partial charge is 0.489 e. The van der Waals surface area contributed by atoms with Crippen molar-refractivity contribution in [1.29, 1.82) is 0 Å². The van der Waals surface area contributed by atoms with Crippen LogP contribution in [0.25, 0.3) is 16.5 Å². The van der Waals surface area contributed by atoms with Gasteiger partial charge in [0, 0.05) is 29.9 Å². The highest BCUT2D eigenvalue weighted by Gasteiger charge is 2.14. The zero-order valence-electron chi connectivity index (χ0n) is 20.6. The Bertz CT molecular complexity index is 1530. The Morgan fingerprint density at radius 3 is 2.53 bits per heavy atom. The minimum Gasteiger partial charge on any atom is -0.489 e. The number of carbonyl (C=O) groups excluding carboxylic acids is 1. The third-order valence-electron chi connectivity index (χ3n) is 6.22. The third kappa shape index (κ3) is 5.07. The lowest BCUT2D eigenvalue weighted by atomic mass is 10.0. The first-order valence-corrected chi connectivity index (χ1v) is 11.8. The lowest BCUT2D eigenvalue weighted by molar-refractivity contribution is 0.102. The molecule has 1 amide bonds. The van der Waals surface area contributed by atoms with Gasteiger partial charge in [0.05, 0.1) is 5.70 Å². The second-order valence-corrected chi connectivity index (χ2v) is 8.87. The standard InChI is InChI=1S/C31H27N3O2/c1-21-15-22(2)34(3)29(16-21)25-9-10-26-19-32-30(18-27(26)17-25)33-31(35)24-11-13-28(14-12-24)36-20-23-7-5-4-6-8-23/h4-14,16-19H,20H2,1-3H3,(H,32,33,35). The van der Waals surface area contributed by atoms with Crippen molar-refractivity contribution < 1.29 is 9.53 Å². The highest BCUT2D eigenvalue weighted by Crippen LogP contribution is 2.29. The molecule has 0 fully saturated rings. The predicted octanol–water partition coefficient (Wildman–Crippen LogP) is 6.80. The zero-order chi connectivity index (χ0) is 25.1. The van der Waals surface area contributed by atoms with E-state index in [1.165, 1.54) is 0 Å². The highest BCUT2D eigenvalue weighted by molar-refractivity contribution is 6.04. The number of amides is 1. The van der Waals surface area contributed by atoms with Gasteiger partial charge in [-0.05, 0) is 78.4 Å². The Morgan fingerprint density at radius 2 is 1.75 bits per heavy atom. The Morgan fingerprint density at radius 1 is 0.972 bits per heavy atom. The van der Waals surface area contributed by atoms with Gasteiger partial charge >= 0.3 is 0 Å². The Balaban J connectivity index is 1.29. The lowest BCUT2D eigenvalue weighted by Gasteiger charge is -2.25. The molecule has 1 aliphatic rings. The van der Waals surface area contributed by atoms with Crippen LogP contribution >= 0.6 is 0 Å². The molecule has 178 valence electrons. The van der Waals surface area contributed by atoms with Gasteiger partial charge in [-0.3, -0.25) is 4.79 Å². The third-order valence-corrected chi connectivity index (χ3v) is 6.22. The molecule has 1 N–H and O–H groups in total. The van der Waals surface area contributed by atoms with Crippen molar-refractivity contribution >= 4 is 28.2 Å². The molecular formula is C31H27N3O2. The molecule has 0 unspecified atom stereocenters. The van der Waals surface area contributed by atoms with Crippen LogP contribution in [0.1, 0.15) is 35.3 Å². The molecule has 1 aliphatic heterocycles. The molecule has 0 bridgehead atoms. The quantitative estimate of drug-likeness (QED) is 0.313. The first kappa shape index (κ1) is 23.2. The molecule has 0 saturated heterocycles. The second kappa shape index (κ2) is 9.95. The number of rotatable bonds is 6. The van der Waals surface area contributed by atoms with Gasteiger partial charge in [0.1, 0.15) is 18.2 Å². The number of ether oxygens (including phenoxy) is 1. The molecule has 0 radical (unpaired) electrons. The van der Waals surface area contributed by atoms with E-state index < -0.39 is 0 Å². The number of carbonyl (C=O) groups is 1. The molecular weight excluding hydrogens is 446 g/mol. The summed E-state index contributed by atoms with van der Waals surface area (Å²) in [4.78, 5) is 19.4. The monoisotopic (exact) mass is 473 g/mol. The molecule has 0 spiro atoms. The number of aromatic nitrogens is 1. The fourth-order valence-electron chi connectivity index (χ4n) is 4.17. The number of hydrogen-bond donors (Lipinski definition) is 1. The normalized spacial score (nSPS) is 13.1. The van der Waals surface area contributed by atoms with E-state index in [2.05, 4.69) is 59.1 Å². The molecule has 3 aromatic carbocycles. The molecule has 4 aromatic rings. The van der Waals surface area contributed by atoms with Gasteiger partial charge in [-0.2, -0.15) is 0 Å². The molecule has 5 nitrogen and oxygen atoms in total. The molecule has 5 heteroatoms. The van der Waals surface area contributed by atoms with E-state index in [-0.39, 0.29) is 5.91 Å². The van der Waals surface area contributed by atoms with Crippen LogP contribution in [0.3, 0.4) is 0 Å².